The molecule has 0 amide bonds. The molecule has 1 aliphatic heterocycles. The van der Waals surface area contributed by atoms with Crippen molar-refractivity contribution in [1.82, 2.24) is 5.43 Å². The first-order valence-electron chi connectivity index (χ1n) is 5.63. The van der Waals surface area contributed by atoms with E-state index < -0.39 is 38.2 Å². The van der Waals surface area contributed by atoms with Crippen LogP contribution in [0.15, 0.2) is 22.1 Å². The molecule has 7 nitrogen and oxygen atoms in total. The Bertz CT molecular complexity index is 620. The number of rotatable bonds is 4. The normalized spacial score (nSPS) is 18.4. The SMILES string of the molecule is C/C=C1/CC(S(=O)(=O)CC(=N)/C(=N\NC)C(F)(F)F)=NO1. The van der Waals surface area contributed by atoms with Crippen LogP contribution in [0.1, 0.15) is 13.3 Å². The molecule has 0 radical (unpaired) electrons. The second-order valence-corrected chi connectivity index (χ2v) is 5.92. The Morgan fingerprint density at radius 2 is 2.19 bits per heavy atom. The van der Waals surface area contributed by atoms with E-state index in [2.05, 4.69) is 10.3 Å². The number of alkyl halides is 3. The number of nitrogens with one attached hydrogen (secondary N) is 2. The third-order valence-electron chi connectivity index (χ3n) is 2.38. The number of sulfone groups is 1. The molecule has 0 aromatic heterocycles. The summed E-state index contributed by atoms with van der Waals surface area (Å²) in [5.74, 6) is -0.883. The van der Waals surface area contributed by atoms with E-state index in [9.17, 15) is 21.6 Å². The van der Waals surface area contributed by atoms with Gasteiger partial charge in [-0.15, -0.1) is 0 Å². The third kappa shape index (κ3) is 4.28. The summed E-state index contributed by atoms with van der Waals surface area (Å²) in [7, 11) is -3.06. The van der Waals surface area contributed by atoms with Gasteiger partial charge in [-0.1, -0.05) is 5.16 Å². The maximum Gasteiger partial charge on any atom is 0.436 e. The van der Waals surface area contributed by atoms with Gasteiger partial charge in [0.25, 0.3) is 0 Å². The van der Waals surface area contributed by atoms with Gasteiger partial charge in [0, 0.05) is 7.05 Å². The lowest BCUT2D eigenvalue weighted by Gasteiger charge is -2.11. The summed E-state index contributed by atoms with van der Waals surface area (Å²) < 4.78 is 61.8. The standard InChI is InChI=1S/C10H13F3N4O3S/c1-3-6-4-8(17-20-6)21(18,19)5-7(14)9(16-15-2)10(11,12)13/h3,14-15H,4-5H2,1-2H3/b6-3-,14-7?,16-9+. The molecule has 0 fully saturated rings. The Balaban J connectivity index is 2.94. The van der Waals surface area contributed by atoms with Crippen LogP contribution in [-0.2, 0) is 14.7 Å². The fourth-order valence-corrected chi connectivity index (χ4v) is 2.60. The molecule has 0 saturated carbocycles. The molecule has 0 spiro atoms. The number of allylic oxidation sites excluding steroid dienone is 2. The average Bonchev–Trinajstić information content (AvgIpc) is 2.83. The highest BCUT2D eigenvalue weighted by Gasteiger charge is 2.41. The van der Waals surface area contributed by atoms with E-state index in [1.54, 1.807) is 6.92 Å². The lowest BCUT2D eigenvalue weighted by Crippen LogP contribution is -2.37. The molecular formula is C10H13F3N4O3S. The predicted molar refractivity (Wildman–Crippen MR) is 71.0 cm³/mol. The van der Waals surface area contributed by atoms with Crippen LogP contribution in [0.5, 0.6) is 0 Å². The monoisotopic (exact) mass is 326 g/mol. The Morgan fingerprint density at radius 1 is 1.57 bits per heavy atom. The maximum absolute atomic E-state index is 12.7. The Kier molecular flexibility index (Phi) is 5.10. The summed E-state index contributed by atoms with van der Waals surface area (Å²) in [5.41, 5.74) is -0.876. The van der Waals surface area contributed by atoms with Crippen LogP contribution < -0.4 is 5.43 Å². The summed E-state index contributed by atoms with van der Waals surface area (Å²) in [6, 6.07) is 0. The first kappa shape index (κ1) is 17.1. The fraction of sp³-hybridized carbons (Fsp3) is 0.500. The number of hydrogen-bond donors (Lipinski definition) is 2. The molecule has 0 aliphatic carbocycles. The Morgan fingerprint density at radius 3 is 2.62 bits per heavy atom. The van der Waals surface area contributed by atoms with Crippen molar-refractivity contribution in [1.29, 1.82) is 5.41 Å². The van der Waals surface area contributed by atoms with Crippen molar-refractivity contribution in [2.24, 2.45) is 10.3 Å². The molecule has 2 N–H and O–H groups in total. The van der Waals surface area contributed by atoms with Gasteiger partial charge in [-0.25, -0.2) is 8.42 Å². The topological polar surface area (TPSA) is 104 Å². The molecule has 0 unspecified atom stereocenters. The molecule has 0 bridgehead atoms. The summed E-state index contributed by atoms with van der Waals surface area (Å²) >= 11 is 0. The van der Waals surface area contributed by atoms with E-state index in [1.807, 2.05) is 5.43 Å². The minimum atomic E-state index is -4.93. The number of oxime groups is 1. The van der Waals surface area contributed by atoms with Crippen LogP contribution in [0.3, 0.4) is 0 Å². The van der Waals surface area contributed by atoms with E-state index >= 15 is 0 Å². The van der Waals surface area contributed by atoms with Crippen molar-refractivity contribution in [3.8, 4) is 0 Å². The van der Waals surface area contributed by atoms with Gasteiger partial charge in [-0.2, -0.15) is 18.3 Å². The van der Waals surface area contributed by atoms with Crippen LogP contribution in [0.4, 0.5) is 13.2 Å². The smallest absolute Gasteiger partial charge is 0.360 e. The highest BCUT2D eigenvalue weighted by atomic mass is 32.2. The second-order valence-electron chi connectivity index (χ2n) is 3.93. The fourth-order valence-electron chi connectivity index (χ4n) is 1.40. The molecule has 0 aromatic rings. The summed E-state index contributed by atoms with van der Waals surface area (Å²) in [5, 5.41) is 13.1. The Labute approximate surface area is 119 Å². The number of hydrogen-bond acceptors (Lipinski definition) is 7. The molecule has 1 heterocycles. The second kappa shape index (κ2) is 6.24. The summed E-state index contributed by atoms with van der Waals surface area (Å²) in [4.78, 5) is 4.69. The van der Waals surface area contributed by atoms with E-state index in [1.165, 1.54) is 6.08 Å². The van der Waals surface area contributed by atoms with E-state index in [0.29, 0.717) is 0 Å². The van der Waals surface area contributed by atoms with Crippen molar-refractivity contribution in [3.63, 3.8) is 0 Å². The van der Waals surface area contributed by atoms with Gasteiger partial charge < -0.3 is 15.7 Å². The summed E-state index contributed by atoms with van der Waals surface area (Å²) in [6.45, 7) is 1.60. The van der Waals surface area contributed by atoms with Gasteiger partial charge in [-0.3, -0.25) is 0 Å². The molecule has 118 valence electrons. The first-order chi connectivity index (χ1) is 9.61. The number of hydrazone groups is 1. The van der Waals surface area contributed by atoms with E-state index in [-0.39, 0.29) is 12.2 Å². The van der Waals surface area contributed by atoms with Gasteiger partial charge in [0.1, 0.15) is 5.76 Å². The molecule has 21 heavy (non-hydrogen) atoms. The Hall–Kier alpha value is -1.91. The van der Waals surface area contributed by atoms with Gasteiger partial charge in [0.2, 0.25) is 9.84 Å². The minimum absolute atomic E-state index is 0.142. The zero-order chi connectivity index (χ0) is 16.3. The lowest BCUT2D eigenvalue weighted by molar-refractivity contribution is -0.0570. The van der Waals surface area contributed by atoms with Crippen molar-refractivity contribution < 1.29 is 26.4 Å². The molecule has 1 aliphatic rings. The molecular weight excluding hydrogens is 313 g/mol. The van der Waals surface area contributed by atoms with Crippen LogP contribution >= 0.6 is 0 Å². The predicted octanol–water partition coefficient (Wildman–Crippen LogP) is 1.20. The largest absolute Gasteiger partial charge is 0.436 e. The molecule has 0 aromatic carbocycles. The van der Waals surface area contributed by atoms with Crippen molar-refractivity contribution in [2.45, 2.75) is 19.5 Å². The highest BCUT2D eigenvalue weighted by molar-refractivity contribution is 8.07. The first-order valence-corrected chi connectivity index (χ1v) is 7.28. The van der Waals surface area contributed by atoms with Crippen LogP contribution in [0.2, 0.25) is 0 Å². The van der Waals surface area contributed by atoms with E-state index in [4.69, 9.17) is 10.2 Å². The zero-order valence-corrected chi connectivity index (χ0v) is 12.0. The molecule has 0 saturated heterocycles. The van der Waals surface area contributed by atoms with Crippen LogP contribution in [-0.4, -0.2) is 43.9 Å². The van der Waals surface area contributed by atoms with Crippen LogP contribution in [0, 0.1) is 5.41 Å². The zero-order valence-electron chi connectivity index (χ0n) is 11.2. The average molecular weight is 326 g/mol. The van der Waals surface area contributed by atoms with Crippen LogP contribution in [0.25, 0.3) is 0 Å². The van der Waals surface area contributed by atoms with Gasteiger partial charge in [0.05, 0.1) is 17.9 Å². The molecule has 11 heteroatoms. The number of nitrogens with zero attached hydrogens (tertiary/aromatic N) is 2. The van der Waals surface area contributed by atoms with Crippen molar-refractivity contribution >= 4 is 26.3 Å². The summed E-state index contributed by atoms with van der Waals surface area (Å²) in [6.07, 6.45) is -3.59. The quantitative estimate of drug-likeness (QED) is 0.598. The number of halogens is 3. The third-order valence-corrected chi connectivity index (χ3v) is 3.99. The minimum Gasteiger partial charge on any atom is -0.360 e. The van der Waals surface area contributed by atoms with Crippen molar-refractivity contribution in [2.75, 3.05) is 12.8 Å². The lowest BCUT2D eigenvalue weighted by atomic mass is 10.2. The van der Waals surface area contributed by atoms with Gasteiger partial charge in [0.15, 0.2) is 10.8 Å². The van der Waals surface area contributed by atoms with Gasteiger partial charge in [-0.05, 0) is 13.0 Å². The molecule has 1 rings (SSSR count). The van der Waals surface area contributed by atoms with Gasteiger partial charge >= 0.3 is 6.18 Å². The van der Waals surface area contributed by atoms with Crippen molar-refractivity contribution in [3.05, 3.63) is 11.8 Å². The highest BCUT2D eigenvalue weighted by Crippen LogP contribution is 2.21. The maximum atomic E-state index is 12.7. The molecule has 0 atom stereocenters. The van der Waals surface area contributed by atoms with E-state index in [0.717, 1.165) is 7.05 Å².